The molecule has 1 saturated heterocycles. The fourth-order valence-corrected chi connectivity index (χ4v) is 5.48. The van der Waals surface area contributed by atoms with Gasteiger partial charge in [0.1, 0.15) is 29.9 Å². The summed E-state index contributed by atoms with van der Waals surface area (Å²) in [6.07, 6.45) is -5.39. The average Bonchev–Trinajstić information content (AvgIpc) is 3.11. The summed E-state index contributed by atoms with van der Waals surface area (Å²) in [5.41, 5.74) is 1.13. The third-order valence-corrected chi connectivity index (χ3v) is 8.25. The van der Waals surface area contributed by atoms with Crippen LogP contribution in [0.2, 0.25) is 0 Å². The molecule has 15 nitrogen and oxygen atoms in total. The molecule has 8 N–H and O–H groups in total. The number of alkyl halides is 3. The molecule has 7 amide bonds. The van der Waals surface area contributed by atoms with Crippen molar-refractivity contribution >= 4 is 41.4 Å². The number of benzene rings is 2. The average molecular weight is 762 g/mol. The maximum absolute atomic E-state index is 13.5. The van der Waals surface area contributed by atoms with Crippen molar-refractivity contribution in [2.24, 2.45) is 5.92 Å². The van der Waals surface area contributed by atoms with Crippen LogP contribution >= 0.6 is 0 Å². The van der Waals surface area contributed by atoms with Gasteiger partial charge in [0.15, 0.2) is 0 Å². The van der Waals surface area contributed by atoms with Gasteiger partial charge in [0, 0.05) is 19.4 Å². The highest BCUT2D eigenvalue weighted by Gasteiger charge is 2.41. The van der Waals surface area contributed by atoms with Gasteiger partial charge in [-0.2, -0.15) is 13.2 Å². The van der Waals surface area contributed by atoms with Gasteiger partial charge < -0.3 is 42.3 Å². The molecule has 4 atom stereocenters. The fourth-order valence-electron chi connectivity index (χ4n) is 5.48. The first-order valence-corrected chi connectivity index (χ1v) is 17.4. The highest BCUT2D eigenvalue weighted by Crippen LogP contribution is 2.16. The van der Waals surface area contributed by atoms with E-state index in [2.05, 4.69) is 31.9 Å². The molecule has 1 fully saturated rings. The van der Waals surface area contributed by atoms with E-state index in [0.29, 0.717) is 11.1 Å². The summed E-state index contributed by atoms with van der Waals surface area (Å²) in [7, 11) is 0. The quantitative estimate of drug-likeness (QED) is 0.195. The summed E-state index contributed by atoms with van der Waals surface area (Å²) >= 11 is 0. The van der Waals surface area contributed by atoms with Gasteiger partial charge in [0.05, 0.1) is 13.1 Å². The van der Waals surface area contributed by atoms with Crippen LogP contribution in [0.15, 0.2) is 54.6 Å². The monoisotopic (exact) mass is 761 g/mol. The molecule has 1 heterocycles. The maximum Gasteiger partial charge on any atom is 0.471 e. The molecule has 54 heavy (non-hydrogen) atoms. The van der Waals surface area contributed by atoms with Crippen LogP contribution in [0.3, 0.4) is 0 Å². The number of nitrogens with one attached hydrogen (secondary N) is 7. The van der Waals surface area contributed by atoms with E-state index >= 15 is 0 Å². The Labute approximate surface area is 310 Å². The van der Waals surface area contributed by atoms with Gasteiger partial charge in [-0.15, -0.1) is 0 Å². The fraction of sp³-hybridized carbons (Fsp3) is 0.472. The molecular formula is C36H46F3N7O8. The molecule has 0 bridgehead atoms. The number of hydrogen-bond acceptors (Lipinski definition) is 8. The van der Waals surface area contributed by atoms with Gasteiger partial charge in [-0.1, -0.05) is 56.3 Å². The van der Waals surface area contributed by atoms with Crippen molar-refractivity contribution in [3.63, 3.8) is 0 Å². The standard InChI is InChI=1S/C36H46F3N7O8/c1-21(2)16-26-31(50)40-15-7-6-10-25(46-35(54)36(37,38)39)33(52)45-27(18-23-11-13-24(47)14-12-23)32(51)42-19-29(48)41-20-30(49)43-28(34(53)44-26)17-22-8-4-3-5-9-22/h3-5,8-9,11-14,21,25-28,47H,6-7,10,15-20H2,1-2H3,(H,40,50)(H,41,48)(H,42,51)(H,43,49)(H,44,53)(H,45,52)(H,46,54)/t25?,26?,27-,28-/m0/s1. The zero-order valence-corrected chi connectivity index (χ0v) is 29.9. The third-order valence-electron chi connectivity index (χ3n) is 8.25. The Morgan fingerprint density at radius 3 is 1.93 bits per heavy atom. The second kappa shape index (κ2) is 20.5. The van der Waals surface area contributed by atoms with Gasteiger partial charge >= 0.3 is 12.1 Å². The second-order valence-corrected chi connectivity index (χ2v) is 13.2. The van der Waals surface area contributed by atoms with E-state index in [1.165, 1.54) is 24.3 Å². The lowest BCUT2D eigenvalue weighted by atomic mass is 10.0. The molecule has 0 saturated carbocycles. The first kappa shape index (κ1) is 42.7. The zero-order valence-electron chi connectivity index (χ0n) is 29.9. The first-order valence-electron chi connectivity index (χ1n) is 17.4. The molecule has 0 aromatic heterocycles. The van der Waals surface area contributed by atoms with Crippen LogP contribution in [0.5, 0.6) is 5.75 Å². The Bertz CT molecular complexity index is 1620. The van der Waals surface area contributed by atoms with E-state index in [4.69, 9.17) is 0 Å². The number of rotatable bonds is 7. The number of carbonyl (C=O) groups excluding carboxylic acids is 7. The Balaban J connectivity index is 1.89. The van der Waals surface area contributed by atoms with Crippen LogP contribution in [0, 0.1) is 5.92 Å². The molecular weight excluding hydrogens is 715 g/mol. The molecule has 2 aromatic rings. The minimum atomic E-state index is -5.32. The van der Waals surface area contributed by atoms with Crippen LogP contribution < -0.4 is 37.2 Å². The summed E-state index contributed by atoms with van der Waals surface area (Å²) in [4.78, 5) is 90.9. The summed E-state index contributed by atoms with van der Waals surface area (Å²) in [5, 5.41) is 26.3. The van der Waals surface area contributed by atoms with Crippen molar-refractivity contribution in [1.82, 2.24) is 37.2 Å². The van der Waals surface area contributed by atoms with E-state index in [1.54, 1.807) is 35.6 Å². The summed E-state index contributed by atoms with van der Waals surface area (Å²) < 4.78 is 39.7. The first-order chi connectivity index (χ1) is 25.5. The van der Waals surface area contributed by atoms with Crippen molar-refractivity contribution in [2.75, 3.05) is 19.6 Å². The third kappa shape index (κ3) is 14.7. The van der Waals surface area contributed by atoms with E-state index in [1.807, 2.05) is 13.8 Å². The number of phenolic OH excluding ortho intramolecular Hbond substituents is 1. The number of phenols is 1. The molecule has 1 aliphatic heterocycles. The van der Waals surface area contributed by atoms with Gasteiger partial charge in [0.25, 0.3) is 0 Å². The van der Waals surface area contributed by atoms with Crippen molar-refractivity contribution < 1.29 is 51.8 Å². The predicted molar refractivity (Wildman–Crippen MR) is 188 cm³/mol. The molecule has 0 radical (unpaired) electrons. The van der Waals surface area contributed by atoms with Crippen LogP contribution in [0.1, 0.15) is 50.7 Å². The predicted octanol–water partition coefficient (Wildman–Crippen LogP) is 0.258. The number of halogens is 3. The normalized spacial score (nSPS) is 21.9. The van der Waals surface area contributed by atoms with Gasteiger partial charge in [-0.25, -0.2) is 0 Å². The topological polar surface area (TPSA) is 224 Å². The summed E-state index contributed by atoms with van der Waals surface area (Å²) in [6.45, 7) is 2.40. The van der Waals surface area contributed by atoms with Crippen molar-refractivity contribution in [3.05, 3.63) is 65.7 Å². The van der Waals surface area contributed by atoms with E-state index < -0.39 is 84.8 Å². The van der Waals surface area contributed by atoms with Gasteiger partial charge in [0.2, 0.25) is 35.4 Å². The molecule has 2 aromatic carbocycles. The molecule has 2 unspecified atom stereocenters. The molecule has 0 spiro atoms. The Morgan fingerprint density at radius 2 is 1.30 bits per heavy atom. The Kier molecular flexibility index (Phi) is 16.2. The lowest BCUT2D eigenvalue weighted by molar-refractivity contribution is -0.174. The SMILES string of the molecule is CC(C)CC1NC(=O)[C@H](Cc2ccccc2)NC(=O)CNC(=O)CNC(=O)[C@H](Cc2ccc(O)cc2)NC(=O)C(NC(=O)C(F)(F)F)CCCCNC1=O. The Hall–Kier alpha value is -5.68. The van der Waals surface area contributed by atoms with Crippen molar-refractivity contribution in [2.45, 2.75) is 82.7 Å². The lowest BCUT2D eigenvalue weighted by Gasteiger charge is -2.25. The van der Waals surface area contributed by atoms with Crippen LogP contribution in [0.25, 0.3) is 0 Å². The van der Waals surface area contributed by atoms with E-state index in [0.717, 1.165) is 0 Å². The minimum Gasteiger partial charge on any atom is -0.508 e. The van der Waals surface area contributed by atoms with Crippen LogP contribution in [0.4, 0.5) is 13.2 Å². The minimum absolute atomic E-state index is 0.000612. The lowest BCUT2D eigenvalue weighted by Crippen LogP contribution is -2.57. The largest absolute Gasteiger partial charge is 0.508 e. The zero-order chi connectivity index (χ0) is 39.8. The summed E-state index contributed by atoms with van der Waals surface area (Å²) in [6, 6.07) is 8.90. The molecule has 18 heteroatoms. The van der Waals surface area contributed by atoms with Crippen molar-refractivity contribution in [3.8, 4) is 5.75 Å². The molecule has 0 aliphatic carbocycles. The van der Waals surface area contributed by atoms with E-state index in [9.17, 15) is 51.8 Å². The molecule has 1 aliphatic rings. The van der Waals surface area contributed by atoms with Gasteiger partial charge in [-0.05, 0) is 54.9 Å². The number of aromatic hydroxyl groups is 1. The van der Waals surface area contributed by atoms with E-state index in [-0.39, 0.29) is 56.7 Å². The molecule has 3 rings (SSSR count). The van der Waals surface area contributed by atoms with Crippen LogP contribution in [-0.2, 0) is 46.4 Å². The number of amides is 7. The number of carbonyl (C=O) groups is 7. The highest BCUT2D eigenvalue weighted by atomic mass is 19.4. The summed E-state index contributed by atoms with van der Waals surface area (Å²) in [5.74, 6) is -7.36. The Morgan fingerprint density at radius 1 is 0.722 bits per heavy atom. The highest BCUT2D eigenvalue weighted by molar-refractivity contribution is 5.95. The molecule has 294 valence electrons. The van der Waals surface area contributed by atoms with Crippen LogP contribution in [-0.4, -0.2) is 96.4 Å². The van der Waals surface area contributed by atoms with Crippen molar-refractivity contribution in [1.29, 1.82) is 0 Å². The smallest absolute Gasteiger partial charge is 0.471 e. The maximum atomic E-state index is 13.5. The number of hydrogen-bond donors (Lipinski definition) is 8. The second-order valence-electron chi connectivity index (χ2n) is 13.2. The van der Waals surface area contributed by atoms with Gasteiger partial charge in [-0.3, -0.25) is 33.6 Å².